The Morgan fingerprint density at radius 2 is 1.49 bits per heavy atom. The molecule has 0 atom stereocenters. The van der Waals surface area contributed by atoms with Crippen molar-refractivity contribution in [1.29, 1.82) is 0 Å². The predicted molar refractivity (Wildman–Crippen MR) is 145 cm³/mol. The second-order valence-electron chi connectivity index (χ2n) is 9.16. The van der Waals surface area contributed by atoms with E-state index in [1.165, 1.54) is 8.99 Å². The van der Waals surface area contributed by atoms with Crippen molar-refractivity contribution < 1.29 is 13.2 Å². The van der Waals surface area contributed by atoms with Gasteiger partial charge in [-0.3, -0.25) is 9.48 Å². The van der Waals surface area contributed by atoms with E-state index in [-0.39, 0.29) is 29.6 Å². The number of benzene rings is 2. The molecule has 196 valence electrons. The zero-order valence-corrected chi connectivity index (χ0v) is 22.4. The van der Waals surface area contributed by atoms with E-state index >= 15 is 0 Å². The molecule has 11 heteroatoms. The summed E-state index contributed by atoms with van der Waals surface area (Å²) in [5.74, 6) is -0.291. The lowest BCUT2D eigenvalue weighted by molar-refractivity contribution is 0.0742. The maximum atomic E-state index is 13.7. The maximum Gasteiger partial charge on any atom is 0.263 e. The van der Waals surface area contributed by atoms with Gasteiger partial charge in [-0.2, -0.15) is 9.40 Å². The van der Waals surface area contributed by atoms with Crippen molar-refractivity contribution in [3.63, 3.8) is 0 Å². The predicted octanol–water partition coefficient (Wildman–Crippen LogP) is 3.03. The van der Waals surface area contributed by atoms with E-state index in [0.29, 0.717) is 50.8 Å². The minimum Gasteiger partial charge on any atom is -0.368 e. The first-order valence-corrected chi connectivity index (χ1v) is 14.4. The molecule has 5 rings (SSSR count). The van der Waals surface area contributed by atoms with Gasteiger partial charge >= 0.3 is 0 Å². The van der Waals surface area contributed by atoms with Crippen LogP contribution in [0.25, 0.3) is 0 Å². The summed E-state index contributed by atoms with van der Waals surface area (Å²) in [6.07, 6.45) is 1.57. The molecule has 1 aromatic heterocycles. The quantitative estimate of drug-likeness (QED) is 0.476. The SMILES string of the molecule is CCn1cc(C(=O)N2CCN(c3ccccc3)CC2)c(S(=O)(=O)N2CCN(c3ccccc3Cl)CC2)n1. The number of aromatic nitrogens is 2. The van der Waals surface area contributed by atoms with Crippen molar-refractivity contribution in [2.24, 2.45) is 0 Å². The van der Waals surface area contributed by atoms with Crippen molar-refractivity contribution in [1.82, 2.24) is 19.0 Å². The van der Waals surface area contributed by atoms with Crippen LogP contribution in [0.3, 0.4) is 0 Å². The second kappa shape index (κ2) is 10.7. The van der Waals surface area contributed by atoms with Gasteiger partial charge in [-0.25, -0.2) is 8.42 Å². The summed E-state index contributed by atoms with van der Waals surface area (Å²) < 4.78 is 30.3. The van der Waals surface area contributed by atoms with Gasteiger partial charge in [0.2, 0.25) is 5.03 Å². The number of nitrogens with zero attached hydrogens (tertiary/aromatic N) is 6. The highest BCUT2D eigenvalue weighted by molar-refractivity contribution is 7.89. The number of hydrogen-bond donors (Lipinski definition) is 0. The van der Waals surface area contributed by atoms with Crippen molar-refractivity contribution in [3.05, 3.63) is 71.4 Å². The minimum absolute atomic E-state index is 0.142. The lowest BCUT2D eigenvalue weighted by Crippen LogP contribution is -2.50. The molecule has 3 heterocycles. The molecular formula is C26H31ClN6O3S. The number of halogens is 1. The molecule has 2 aliphatic rings. The van der Waals surface area contributed by atoms with Crippen LogP contribution in [-0.4, -0.2) is 85.7 Å². The summed E-state index contributed by atoms with van der Waals surface area (Å²) in [5.41, 5.74) is 2.15. The first-order valence-electron chi connectivity index (χ1n) is 12.5. The maximum absolute atomic E-state index is 13.7. The first-order chi connectivity index (χ1) is 17.9. The number of hydrogen-bond acceptors (Lipinski definition) is 6. The molecule has 9 nitrogen and oxygen atoms in total. The third-order valence-electron chi connectivity index (χ3n) is 6.99. The highest BCUT2D eigenvalue weighted by atomic mass is 35.5. The summed E-state index contributed by atoms with van der Waals surface area (Å²) in [4.78, 5) is 19.6. The molecule has 3 aromatic rings. The molecule has 37 heavy (non-hydrogen) atoms. The van der Waals surface area contributed by atoms with Crippen LogP contribution in [0.15, 0.2) is 65.8 Å². The lowest BCUT2D eigenvalue weighted by atomic mass is 10.2. The Morgan fingerprint density at radius 1 is 0.865 bits per heavy atom. The number of piperazine rings is 2. The zero-order chi connectivity index (χ0) is 26.0. The fraction of sp³-hybridized carbons (Fsp3) is 0.385. The van der Waals surface area contributed by atoms with Gasteiger partial charge in [0, 0.05) is 70.8 Å². The number of anilines is 2. The van der Waals surface area contributed by atoms with Gasteiger partial charge in [0.25, 0.3) is 15.9 Å². The Kier molecular flexibility index (Phi) is 7.41. The Balaban J connectivity index is 1.31. The first kappa shape index (κ1) is 25.6. The van der Waals surface area contributed by atoms with Crippen molar-refractivity contribution in [3.8, 4) is 0 Å². The number of carbonyl (C=O) groups is 1. The number of para-hydroxylation sites is 2. The molecule has 0 N–H and O–H groups in total. The van der Waals surface area contributed by atoms with Gasteiger partial charge in [-0.15, -0.1) is 0 Å². The fourth-order valence-electron chi connectivity index (χ4n) is 4.88. The van der Waals surface area contributed by atoms with Crippen LogP contribution < -0.4 is 9.80 Å². The molecule has 2 saturated heterocycles. The smallest absolute Gasteiger partial charge is 0.263 e. The molecule has 2 aliphatic heterocycles. The van der Waals surface area contributed by atoms with Crippen LogP contribution in [0.1, 0.15) is 17.3 Å². The molecule has 2 fully saturated rings. The van der Waals surface area contributed by atoms with Crippen molar-refractivity contribution >= 4 is 38.9 Å². The van der Waals surface area contributed by atoms with Gasteiger partial charge in [-0.05, 0) is 31.2 Å². The molecule has 0 spiro atoms. The number of carbonyl (C=O) groups excluding carboxylic acids is 1. The monoisotopic (exact) mass is 542 g/mol. The Labute approximate surface area is 222 Å². The average molecular weight is 543 g/mol. The topological polar surface area (TPSA) is 82.0 Å². The van der Waals surface area contributed by atoms with E-state index in [1.807, 2.05) is 49.4 Å². The van der Waals surface area contributed by atoms with E-state index in [4.69, 9.17) is 11.6 Å². The molecular weight excluding hydrogens is 512 g/mol. The summed E-state index contributed by atoms with van der Waals surface area (Å²) >= 11 is 6.34. The molecule has 0 saturated carbocycles. The van der Waals surface area contributed by atoms with Crippen LogP contribution >= 0.6 is 11.6 Å². The molecule has 0 unspecified atom stereocenters. The second-order valence-corrected chi connectivity index (χ2v) is 11.4. The number of sulfonamides is 1. The zero-order valence-electron chi connectivity index (χ0n) is 20.8. The number of aryl methyl sites for hydroxylation is 1. The number of amides is 1. The molecule has 2 aromatic carbocycles. The largest absolute Gasteiger partial charge is 0.368 e. The van der Waals surface area contributed by atoms with Crippen molar-refractivity contribution in [2.45, 2.75) is 18.5 Å². The highest BCUT2D eigenvalue weighted by Gasteiger charge is 2.36. The van der Waals surface area contributed by atoms with Crippen LogP contribution in [-0.2, 0) is 16.6 Å². The van der Waals surface area contributed by atoms with E-state index in [9.17, 15) is 13.2 Å². The third-order valence-corrected chi connectivity index (χ3v) is 9.14. The molecule has 0 bridgehead atoms. The van der Waals surface area contributed by atoms with Crippen LogP contribution in [0, 0.1) is 0 Å². The lowest BCUT2D eigenvalue weighted by Gasteiger charge is -2.36. The van der Waals surface area contributed by atoms with Gasteiger partial charge in [0.05, 0.1) is 16.3 Å². The van der Waals surface area contributed by atoms with E-state index < -0.39 is 10.0 Å². The van der Waals surface area contributed by atoms with Gasteiger partial charge < -0.3 is 14.7 Å². The number of rotatable bonds is 6. The Hall–Kier alpha value is -3.08. The standard InChI is InChI=1S/C26H31ClN6O3S/c1-2-32-20-22(26(34)31-14-12-29(13-15-31)21-8-4-3-5-9-21)25(28-32)37(35,36)33-18-16-30(17-19-33)24-11-7-6-10-23(24)27/h3-11,20H,2,12-19H2,1H3. The average Bonchev–Trinajstić information content (AvgIpc) is 3.39. The molecule has 0 aliphatic carbocycles. The summed E-state index contributed by atoms with van der Waals surface area (Å²) in [5, 5.41) is 4.82. The van der Waals surface area contributed by atoms with Crippen LogP contribution in [0.4, 0.5) is 11.4 Å². The van der Waals surface area contributed by atoms with Gasteiger partial charge in [0.15, 0.2) is 0 Å². The van der Waals surface area contributed by atoms with Crippen molar-refractivity contribution in [2.75, 3.05) is 62.2 Å². The third kappa shape index (κ3) is 5.18. The molecule has 0 radical (unpaired) electrons. The Morgan fingerprint density at radius 3 is 2.14 bits per heavy atom. The van der Waals surface area contributed by atoms with E-state index in [2.05, 4.69) is 27.0 Å². The molecule has 1 amide bonds. The van der Waals surface area contributed by atoms with Gasteiger partial charge in [-0.1, -0.05) is 41.9 Å². The highest BCUT2D eigenvalue weighted by Crippen LogP contribution is 2.28. The van der Waals surface area contributed by atoms with Crippen LogP contribution in [0.2, 0.25) is 5.02 Å². The normalized spacial score (nSPS) is 17.3. The summed E-state index contributed by atoms with van der Waals surface area (Å²) in [7, 11) is -3.95. The summed E-state index contributed by atoms with van der Waals surface area (Å²) in [6.45, 7) is 6.32. The summed E-state index contributed by atoms with van der Waals surface area (Å²) in [6, 6.07) is 17.6. The van der Waals surface area contributed by atoms with E-state index in [0.717, 1.165) is 11.4 Å². The minimum atomic E-state index is -3.95. The van der Waals surface area contributed by atoms with E-state index in [1.54, 1.807) is 11.1 Å². The van der Waals surface area contributed by atoms with Gasteiger partial charge in [0.1, 0.15) is 0 Å². The Bertz CT molecular complexity index is 1350. The fourth-order valence-corrected chi connectivity index (χ4v) is 6.65. The van der Waals surface area contributed by atoms with Crippen LogP contribution in [0.5, 0.6) is 0 Å².